The monoisotopic (exact) mass is 387 g/mol. The molecule has 2 heterocycles. The molecule has 1 aliphatic heterocycles. The van der Waals surface area contributed by atoms with Crippen LogP contribution in [0.15, 0.2) is 60.7 Å². The van der Waals surface area contributed by atoms with Crippen molar-refractivity contribution in [3.8, 4) is 5.69 Å². The molecule has 0 spiro atoms. The Morgan fingerprint density at radius 3 is 2.21 bits per heavy atom. The fourth-order valence-corrected chi connectivity index (χ4v) is 4.02. The van der Waals surface area contributed by atoms with Gasteiger partial charge < -0.3 is 4.90 Å². The van der Waals surface area contributed by atoms with E-state index in [0.717, 1.165) is 56.9 Å². The maximum Gasteiger partial charge on any atom is 0.276 e. The van der Waals surface area contributed by atoms with Crippen LogP contribution < -0.4 is 0 Å². The largest absolute Gasteiger partial charge is 0.335 e. The summed E-state index contributed by atoms with van der Waals surface area (Å²) >= 11 is 0. The molecule has 3 aromatic rings. The van der Waals surface area contributed by atoms with E-state index in [1.54, 1.807) is 0 Å². The maximum absolute atomic E-state index is 13.3. The van der Waals surface area contributed by atoms with Gasteiger partial charge in [-0.15, -0.1) is 5.10 Å². The molecule has 1 saturated heterocycles. The zero-order valence-corrected chi connectivity index (χ0v) is 16.4. The molecular weight excluding hydrogens is 362 g/mol. The van der Waals surface area contributed by atoms with Gasteiger partial charge in [-0.2, -0.15) is 0 Å². The Hall–Kier alpha value is -2.99. The van der Waals surface area contributed by atoms with E-state index in [4.69, 9.17) is 0 Å². The number of hydrogen-bond acceptors (Lipinski definition) is 4. The van der Waals surface area contributed by atoms with Gasteiger partial charge in [0.05, 0.1) is 11.4 Å². The van der Waals surface area contributed by atoms with Crippen LogP contribution >= 0.6 is 0 Å². The summed E-state index contributed by atoms with van der Waals surface area (Å²) in [7, 11) is 0. The summed E-state index contributed by atoms with van der Waals surface area (Å²) in [5.41, 5.74) is 3.79. The first-order valence-corrected chi connectivity index (χ1v) is 10.4. The van der Waals surface area contributed by atoms with Gasteiger partial charge in [-0.05, 0) is 30.5 Å². The molecule has 29 heavy (non-hydrogen) atoms. The number of amides is 1. The lowest BCUT2D eigenvalue weighted by Gasteiger charge is -2.34. The lowest BCUT2D eigenvalue weighted by atomic mass is 10.1. The van der Waals surface area contributed by atoms with Crippen molar-refractivity contribution in [1.82, 2.24) is 24.8 Å². The third-order valence-electron chi connectivity index (χ3n) is 5.78. The molecule has 5 rings (SSSR count). The molecule has 1 aromatic heterocycles. The van der Waals surface area contributed by atoms with Gasteiger partial charge in [0.25, 0.3) is 5.91 Å². The van der Waals surface area contributed by atoms with Gasteiger partial charge in [0, 0.05) is 38.6 Å². The van der Waals surface area contributed by atoms with Crippen LogP contribution in [0, 0.1) is 0 Å². The highest BCUT2D eigenvalue weighted by Gasteiger charge is 2.36. The van der Waals surface area contributed by atoms with E-state index in [2.05, 4.69) is 39.5 Å². The summed E-state index contributed by atoms with van der Waals surface area (Å²) in [5.74, 6) is 0.414. The number of carbonyl (C=O) groups excluding carboxylic acids is 1. The number of para-hydroxylation sites is 1. The number of hydrogen-bond donors (Lipinski definition) is 0. The van der Waals surface area contributed by atoms with E-state index in [0.29, 0.717) is 11.6 Å². The van der Waals surface area contributed by atoms with Crippen LogP contribution in [0.1, 0.15) is 40.5 Å². The number of piperazine rings is 1. The highest BCUT2D eigenvalue weighted by Crippen LogP contribution is 2.42. The first kappa shape index (κ1) is 18.1. The third-order valence-corrected chi connectivity index (χ3v) is 5.78. The standard InChI is InChI=1S/C23H25N5O/c29-23(27-15-13-26(14-16-27)17-18-7-3-1-4-8-18)21-22(19-11-12-19)28(25-24-21)20-9-5-2-6-10-20/h1-10,19H,11-17H2. The first-order chi connectivity index (χ1) is 14.3. The van der Waals surface area contributed by atoms with Crippen LogP contribution in [-0.2, 0) is 6.54 Å². The molecule has 0 atom stereocenters. The van der Waals surface area contributed by atoms with E-state index in [1.807, 2.05) is 46.0 Å². The van der Waals surface area contributed by atoms with Gasteiger partial charge in [0.15, 0.2) is 5.69 Å². The highest BCUT2D eigenvalue weighted by atomic mass is 16.2. The molecule has 2 fully saturated rings. The molecule has 0 N–H and O–H groups in total. The topological polar surface area (TPSA) is 54.3 Å². The highest BCUT2D eigenvalue weighted by molar-refractivity contribution is 5.93. The zero-order chi connectivity index (χ0) is 19.6. The second-order valence-corrected chi connectivity index (χ2v) is 7.90. The predicted octanol–water partition coefficient (Wildman–Crippen LogP) is 3.10. The average Bonchev–Trinajstić information content (AvgIpc) is 3.53. The molecule has 6 heteroatoms. The molecule has 2 aliphatic rings. The molecule has 2 aromatic carbocycles. The van der Waals surface area contributed by atoms with Gasteiger partial charge in [0.1, 0.15) is 0 Å². The Kier molecular flexibility index (Phi) is 4.86. The van der Waals surface area contributed by atoms with Gasteiger partial charge in [0.2, 0.25) is 0 Å². The van der Waals surface area contributed by atoms with Crippen LogP contribution in [0.3, 0.4) is 0 Å². The van der Waals surface area contributed by atoms with Crippen LogP contribution in [0.25, 0.3) is 5.69 Å². The minimum atomic E-state index is 0.0217. The number of carbonyl (C=O) groups is 1. The molecule has 0 unspecified atom stereocenters. The summed E-state index contributed by atoms with van der Waals surface area (Å²) in [5, 5.41) is 8.67. The Bertz CT molecular complexity index is 973. The number of benzene rings is 2. The van der Waals surface area contributed by atoms with E-state index >= 15 is 0 Å². The Labute approximate surface area is 170 Å². The molecule has 1 saturated carbocycles. The van der Waals surface area contributed by atoms with E-state index in [9.17, 15) is 4.79 Å². The normalized spacial score (nSPS) is 17.4. The van der Waals surface area contributed by atoms with Gasteiger partial charge in [-0.1, -0.05) is 53.7 Å². The lowest BCUT2D eigenvalue weighted by Crippen LogP contribution is -2.48. The van der Waals surface area contributed by atoms with Crippen LogP contribution in [-0.4, -0.2) is 56.9 Å². The summed E-state index contributed by atoms with van der Waals surface area (Å²) in [6, 6.07) is 20.5. The van der Waals surface area contributed by atoms with Crippen molar-refractivity contribution in [2.45, 2.75) is 25.3 Å². The summed E-state index contributed by atoms with van der Waals surface area (Å²) < 4.78 is 1.86. The zero-order valence-electron chi connectivity index (χ0n) is 16.4. The Morgan fingerprint density at radius 2 is 1.55 bits per heavy atom. The SMILES string of the molecule is O=C(c1nnn(-c2ccccc2)c1C1CC1)N1CCN(Cc2ccccc2)CC1. The number of rotatable bonds is 5. The van der Waals surface area contributed by atoms with E-state index in [1.165, 1.54) is 5.56 Å². The Balaban J connectivity index is 1.30. The van der Waals surface area contributed by atoms with Crippen LogP contribution in [0.2, 0.25) is 0 Å². The van der Waals surface area contributed by atoms with Crippen LogP contribution in [0.5, 0.6) is 0 Å². The molecule has 1 amide bonds. The fourth-order valence-electron chi connectivity index (χ4n) is 4.02. The second kappa shape index (κ2) is 7.79. The summed E-state index contributed by atoms with van der Waals surface area (Å²) in [6.45, 7) is 4.15. The molecular formula is C23H25N5O. The summed E-state index contributed by atoms with van der Waals surface area (Å²) in [4.78, 5) is 17.6. The number of nitrogens with zero attached hydrogens (tertiary/aromatic N) is 5. The van der Waals surface area contributed by atoms with Crippen molar-refractivity contribution in [1.29, 1.82) is 0 Å². The van der Waals surface area contributed by atoms with E-state index in [-0.39, 0.29) is 5.91 Å². The quantitative estimate of drug-likeness (QED) is 0.675. The number of aromatic nitrogens is 3. The fraction of sp³-hybridized carbons (Fsp3) is 0.348. The minimum Gasteiger partial charge on any atom is -0.335 e. The van der Waals surface area contributed by atoms with Gasteiger partial charge in [-0.3, -0.25) is 9.69 Å². The first-order valence-electron chi connectivity index (χ1n) is 10.4. The molecule has 0 bridgehead atoms. The van der Waals surface area contributed by atoms with Crippen molar-refractivity contribution in [3.05, 3.63) is 77.6 Å². The van der Waals surface area contributed by atoms with Crippen molar-refractivity contribution >= 4 is 5.91 Å². The second-order valence-electron chi connectivity index (χ2n) is 7.90. The van der Waals surface area contributed by atoms with Gasteiger partial charge in [-0.25, -0.2) is 4.68 Å². The average molecular weight is 387 g/mol. The lowest BCUT2D eigenvalue weighted by molar-refractivity contribution is 0.0621. The van der Waals surface area contributed by atoms with Crippen LogP contribution in [0.4, 0.5) is 0 Å². The molecule has 148 valence electrons. The maximum atomic E-state index is 13.3. The Morgan fingerprint density at radius 1 is 0.897 bits per heavy atom. The van der Waals surface area contributed by atoms with Gasteiger partial charge >= 0.3 is 0 Å². The van der Waals surface area contributed by atoms with Crippen molar-refractivity contribution in [2.75, 3.05) is 26.2 Å². The molecule has 0 radical (unpaired) electrons. The smallest absolute Gasteiger partial charge is 0.276 e. The summed E-state index contributed by atoms with van der Waals surface area (Å²) in [6.07, 6.45) is 2.21. The van der Waals surface area contributed by atoms with Crippen molar-refractivity contribution in [2.24, 2.45) is 0 Å². The third kappa shape index (κ3) is 3.80. The predicted molar refractivity (Wildman–Crippen MR) is 111 cm³/mol. The molecule has 6 nitrogen and oxygen atoms in total. The molecule has 1 aliphatic carbocycles. The van der Waals surface area contributed by atoms with E-state index < -0.39 is 0 Å². The van der Waals surface area contributed by atoms with Crippen molar-refractivity contribution in [3.63, 3.8) is 0 Å². The van der Waals surface area contributed by atoms with Crippen molar-refractivity contribution < 1.29 is 4.79 Å². The minimum absolute atomic E-state index is 0.0217.